The maximum Gasteiger partial charge on any atom is 0.329 e. The lowest BCUT2D eigenvalue weighted by Gasteiger charge is -2.20. The van der Waals surface area contributed by atoms with E-state index in [-0.39, 0.29) is 6.42 Å². The van der Waals surface area contributed by atoms with Crippen LogP contribution in [-0.2, 0) is 20.7 Å². The number of urea groups is 1. The van der Waals surface area contributed by atoms with Gasteiger partial charge in [-0.3, -0.25) is 4.79 Å². The summed E-state index contributed by atoms with van der Waals surface area (Å²) in [6.45, 7) is 3.37. The Morgan fingerprint density at radius 3 is 2.41 bits per heavy atom. The van der Waals surface area contributed by atoms with E-state index in [0.717, 1.165) is 11.1 Å². The first kappa shape index (κ1) is 20.0. The molecule has 0 aliphatic carbocycles. The molecule has 0 saturated heterocycles. The molecule has 0 aliphatic rings. The number of ether oxygens (including phenoxy) is 1. The predicted molar refractivity (Wildman–Crippen MR) is 102 cm³/mol. The number of rotatable bonds is 7. The molecule has 3 amide bonds. The largest absolute Gasteiger partial charge is 0.451 e. The standard InChI is InChI=1S/C20H23N3O4/c1-13-7-6-10-16(11-13)22-18(24)14(2)27-19(25)17(23-20(21)26)12-15-8-4-3-5-9-15/h3-11,14,17H,12H2,1-2H3,(H,22,24)(H3,21,23,26)/t14-,17+/m0/s1. The minimum absolute atomic E-state index is 0.203. The molecule has 2 atom stereocenters. The van der Waals surface area contributed by atoms with Crippen molar-refractivity contribution < 1.29 is 19.1 Å². The van der Waals surface area contributed by atoms with Crippen molar-refractivity contribution in [3.63, 3.8) is 0 Å². The topological polar surface area (TPSA) is 111 Å². The third kappa shape index (κ3) is 6.47. The molecule has 4 N–H and O–H groups in total. The van der Waals surface area contributed by atoms with Gasteiger partial charge in [-0.15, -0.1) is 0 Å². The Bertz CT molecular complexity index is 808. The minimum Gasteiger partial charge on any atom is -0.451 e. The number of carbonyl (C=O) groups is 3. The van der Waals surface area contributed by atoms with Gasteiger partial charge in [0.05, 0.1) is 0 Å². The summed E-state index contributed by atoms with van der Waals surface area (Å²) in [5.74, 6) is -1.20. The van der Waals surface area contributed by atoms with Crippen molar-refractivity contribution in [2.24, 2.45) is 5.73 Å². The number of aryl methyl sites for hydroxylation is 1. The number of primary amides is 1. The normalized spacial score (nSPS) is 12.5. The van der Waals surface area contributed by atoms with Crippen molar-refractivity contribution in [2.75, 3.05) is 5.32 Å². The maximum absolute atomic E-state index is 12.4. The summed E-state index contributed by atoms with van der Waals surface area (Å²) in [6.07, 6.45) is -0.833. The van der Waals surface area contributed by atoms with Crippen LogP contribution < -0.4 is 16.4 Å². The second-order valence-electron chi connectivity index (χ2n) is 6.19. The van der Waals surface area contributed by atoms with Gasteiger partial charge in [0.25, 0.3) is 5.91 Å². The number of benzene rings is 2. The molecule has 2 rings (SSSR count). The molecule has 0 spiro atoms. The van der Waals surface area contributed by atoms with Gasteiger partial charge in [0.2, 0.25) is 0 Å². The monoisotopic (exact) mass is 369 g/mol. The van der Waals surface area contributed by atoms with E-state index in [4.69, 9.17) is 10.5 Å². The third-order valence-corrected chi connectivity index (χ3v) is 3.83. The zero-order chi connectivity index (χ0) is 19.8. The Morgan fingerprint density at radius 1 is 1.07 bits per heavy atom. The number of hydrogen-bond acceptors (Lipinski definition) is 4. The van der Waals surface area contributed by atoms with Gasteiger partial charge in [-0.2, -0.15) is 0 Å². The third-order valence-electron chi connectivity index (χ3n) is 3.83. The van der Waals surface area contributed by atoms with E-state index in [1.807, 2.05) is 49.4 Å². The average Bonchev–Trinajstić information content (AvgIpc) is 2.61. The maximum atomic E-state index is 12.4. The lowest BCUT2D eigenvalue weighted by molar-refractivity contribution is -0.155. The van der Waals surface area contributed by atoms with Gasteiger partial charge in [0.15, 0.2) is 6.10 Å². The first-order chi connectivity index (χ1) is 12.8. The van der Waals surface area contributed by atoms with Crippen LogP contribution in [-0.4, -0.2) is 30.1 Å². The molecule has 2 aromatic rings. The van der Waals surface area contributed by atoms with Crippen LogP contribution in [0, 0.1) is 6.92 Å². The summed E-state index contributed by atoms with van der Waals surface area (Å²) in [7, 11) is 0. The smallest absolute Gasteiger partial charge is 0.329 e. The molecule has 2 aromatic carbocycles. The van der Waals surface area contributed by atoms with Crippen molar-refractivity contribution in [1.29, 1.82) is 0 Å². The first-order valence-corrected chi connectivity index (χ1v) is 8.53. The zero-order valence-electron chi connectivity index (χ0n) is 15.3. The Labute approximate surface area is 157 Å². The highest BCUT2D eigenvalue weighted by Crippen LogP contribution is 2.11. The fourth-order valence-electron chi connectivity index (χ4n) is 2.49. The van der Waals surface area contributed by atoms with Gasteiger partial charge in [-0.05, 0) is 37.1 Å². The zero-order valence-corrected chi connectivity index (χ0v) is 15.3. The summed E-state index contributed by atoms with van der Waals surface area (Å²) in [4.78, 5) is 35.9. The van der Waals surface area contributed by atoms with E-state index >= 15 is 0 Å². The number of carbonyl (C=O) groups excluding carboxylic acids is 3. The van der Waals surface area contributed by atoms with Crippen LogP contribution in [0.4, 0.5) is 10.5 Å². The fraction of sp³-hybridized carbons (Fsp3) is 0.250. The molecule has 0 saturated carbocycles. The molecular weight excluding hydrogens is 346 g/mol. The van der Waals surface area contributed by atoms with Gasteiger partial charge < -0.3 is 21.1 Å². The molecule has 0 aliphatic heterocycles. The number of hydrogen-bond donors (Lipinski definition) is 3. The highest BCUT2D eigenvalue weighted by atomic mass is 16.5. The summed E-state index contributed by atoms with van der Waals surface area (Å²) >= 11 is 0. The molecule has 7 heteroatoms. The predicted octanol–water partition coefficient (Wildman–Crippen LogP) is 2.14. The molecule has 0 heterocycles. The van der Waals surface area contributed by atoms with Gasteiger partial charge in [0, 0.05) is 12.1 Å². The lowest BCUT2D eigenvalue weighted by atomic mass is 10.1. The summed E-state index contributed by atoms with van der Waals surface area (Å²) in [6, 6.07) is 14.6. The van der Waals surface area contributed by atoms with Crippen LogP contribution in [0.3, 0.4) is 0 Å². The van der Waals surface area contributed by atoms with Gasteiger partial charge >= 0.3 is 12.0 Å². The molecule has 0 unspecified atom stereocenters. The van der Waals surface area contributed by atoms with E-state index in [0.29, 0.717) is 5.69 Å². The van der Waals surface area contributed by atoms with Crippen LogP contribution in [0.1, 0.15) is 18.1 Å². The minimum atomic E-state index is -1.04. The van der Waals surface area contributed by atoms with Gasteiger partial charge in [-0.25, -0.2) is 9.59 Å². The molecule has 0 fully saturated rings. The van der Waals surface area contributed by atoms with Crippen LogP contribution in [0.5, 0.6) is 0 Å². The quantitative estimate of drug-likeness (QED) is 0.649. The molecule has 142 valence electrons. The number of nitrogens with two attached hydrogens (primary N) is 1. The van der Waals surface area contributed by atoms with Gasteiger partial charge in [-0.1, -0.05) is 42.5 Å². The Morgan fingerprint density at radius 2 is 1.78 bits per heavy atom. The number of esters is 1. The molecule has 7 nitrogen and oxygen atoms in total. The van der Waals surface area contributed by atoms with E-state index in [9.17, 15) is 14.4 Å². The van der Waals surface area contributed by atoms with E-state index in [1.165, 1.54) is 6.92 Å². The summed E-state index contributed by atoms with van der Waals surface area (Å²) in [5.41, 5.74) is 7.58. The molecule has 27 heavy (non-hydrogen) atoms. The fourth-order valence-corrected chi connectivity index (χ4v) is 2.49. The van der Waals surface area contributed by atoms with Crippen LogP contribution in [0.2, 0.25) is 0 Å². The number of anilines is 1. The lowest BCUT2D eigenvalue weighted by Crippen LogP contribution is -2.47. The van der Waals surface area contributed by atoms with Crippen molar-refractivity contribution >= 4 is 23.6 Å². The highest BCUT2D eigenvalue weighted by molar-refractivity contribution is 5.95. The molecule has 0 bridgehead atoms. The Kier molecular flexibility index (Phi) is 6.93. The summed E-state index contributed by atoms with van der Waals surface area (Å²) < 4.78 is 5.23. The number of nitrogens with one attached hydrogen (secondary N) is 2. The van der Waals surface area contributed by atoms with Crippen molar-refractivity contribution in [1.82, 2.24) is 5.32 Å². The van der Waals surface area contributed by atoms with E-state index in [1.54, 1.807) is 12.1 Å². The second-order valence-corrected chi connectivity index (χ2v) is 6.19. The van der Waals surface area contributed by atoms with Gasteiger partial charge in [0.1, 0.15) is 6.04 Å². The van der Waals surface area contributed by atoms with Crippen molar-refractivity contribution in [2.45, 2.75) is 32.4 Å². The van der Waals surface area contributed by atoms with Crippen molar-refractivity contribution in [3.05, 3.63) is 65.7 Å². The molecule has 0 aromatic heterocycles. The van der Waals surface area contributed by atoms with E-state index < -0.39 is 30.1 Å². The average molecular weight is 369 g/mol. The molecule has 0 radical (unpaired) electrons. The Hall–Kier alpha value is -3.35. The van der Waals surface area contributed by atoms with Crippen LogP contribution in [0.15, 0.2) is 54.6 Å². The SMILES string of the molecule is Cc1cccc(NC(=O)[C@H](C)OC(=O)[C@@H](Cc2ccccc2)NC(N)=O)c1. The molecular formula is C20H23N3O4. The van der Waals surface area contributed by atoms with Crippen molar-refractivity contribution in [3.8, 4) is 0 Å². The number of amides is 3. The van der Waals surface area contributed by atoms with E-state index in [2.05, 4.69) is 10.6 Å². The second kappa shape index (κ2) is 9.38. The highest BCUT2D eigenvalue weighted by Gasteiger charge is 2.26. The van der Waals surface area contributed by atoms with Crippen LogP contribution >= 0.6 is 0 Å². The first-order valence-electron chi connectivity index (χ1n) is 8.53. The Balaban J connectivity index is 1.99. The summed E-state index contributed by atoms with van der Waals surface area (Å²) in [5, 5.41) is 5.05. The van der Waals surface area contributed by atoms with Crippen LogP contribution in [0.25, 0.3) is 0 Å².